The van der Waals surface area contributed by atoms with Gasteiger partial charge in [0, 0.05) is 34.4 Å². The molecule has 0 aliphatic heterocycles. The van der Waals surface area contributed by atoms with Crippen molar-refractivity contribution < 1.29 is 4.79 Å². The van der Waals surface area contributed by atoms with Crippen molar-refractivity contribution in [2.24, 2.45) is 0 Å². The zero-order valence-electron chi connectivity index (χ0n) is 16.1. The summed E-state index contributed by atoms with van der Waals surface area (Å²) in [6.45, 7) is 1.84. The summed E-state index contributed by atoms with van der Waals surface area (Å²) in [4.78, 5) is 16.8. The van der Waals surface area contributed by atoms with Gasteiger partial charge in [-0.15, -0.1) is 10.2 Å². The Bertz CT molecular complexity index is 1130. The van der Waals surface area contributed by atoms with E-state index >= 15 is 0 Å². The van der Waals surface area contributed by atoms with Gasteiger partial charge in [-0.05, 0) is 55.5 Å². The molecular weight excluding hydrogens is 418 g/mol. The van der Waals surface area contributed by atoms with Crippen molar-refractivity contribution in [3.05, 3.63) is 84.1 Å². The first kappa shape index (κ1) is 20.1. The van der Waals surface area contributed by atoms with Crippen molar-refractivity contribution in [2.45, 2.75) is 17.3 Å². The highest BCUT2D eigenvalue weighted by atomic mass is 35.5. The number of aromatic nitrogens is 4. The number of nitrogens with one attached hydrogen (secondary N) is 1. The molecule has 2 aromatic heterocycles. The van der Waals surface area contributed by atoms with E-state index in [-0.39, 0.29) is 5.91 Å². The maximum Gasteiger partial charge on any atom is 0.237 e. The minimum Gasteiger partial charge on any atom is -0.325 e. The second-order valence-electron chi connectivity index (χ2n) is 6.47. The number of benzene rings is 2. The first-order chi connectivity index (χ1) is 14.6. The number of rotatable bonds is 6. The number of anilines is 1. The number of hydrogen-bond donors (Lipinski definition) is 1. The lowest BCUT2D eigenvalue weighted by molar-refractivity contribution is -0.115. The molecule has 0 aliphatic carbocycles. The van der Waals surface area contributed by atoms with Crippen LogP contribution in [0.5, 0.6) is 0 Å². The van der Waals surface area contributed by atoms with Gasteiger partial charge in [0.2, 0.25) is 5.91 Å². The summed E-state index contributed by atoms with van der Waals surface area (Å²) in [5.74, 6) is 0.562. The molecule has 0 aliphatic rings. The van der Waals surface area contributed by atoms with Crippen LogP contribution < -0.4 is 5.32 Å². The third-order valence-corrected chi connectivity index (χ3v) is 5.64. The Hall–Kier alpha value is -3.16. The van der Waals surface area contributed by atoms with Crippen LogP contribution in [-0.2, 0) is 4.79 Å². The van der Waals surface area contributed by atoms with Crippen LogP contribution in [0.3, 0.4) is 0 Å². The molecule has 1 atom stereocenters. The topological polar surface area (TPSA) is 72.7 Å². The molecule has 2 heterocycles. The molecule has 8 heteroatoms. The molecule has 0 saturated carbocycles. The van der Waals surface area contributed by atoms with Gasteiger partial charge in [-0.2, -0.15) is 0 Å². The molecule has 0 fully saturated rings. The average molecular weight is 436 g/mol. The lowest BCUT2D eigenvalue weighted by Crippen LogP contribution is -2.22. The predicted octanol–water partition coefficient (Wildman–Crippen LogP) is 5.10. The second-order valence-corrected chi connectivity index (χ2v) is 8.21. The molecule has 4 rings (SSSR count). The van der Waals surface area contributed by atoms with Gasteiger partial charge in [0.25, 0.3) is 0 Å². The molecule has 0 bridgehead atoms. The maximum atomic E-state index is 12.7. The lowest BCUT2D eigenvalue weighted by Gasteiger charge is -2.14. The largest absolute Gasteiger partial charge is 0.325 e. The quantitative estimate of drug-likeness (QED) is 0.426. The van der Waals surface area contributed by atoms with Gasteiger partial charge in [-0.1, -0.05) is 41.6 Å². The summed E-state index contributed by atoms with van der Waals surface area (Å²) in [6, 6.07) is 20.6. The van der Waals surface area contributed by atoms with Crippen molar-refractivity contribution in [3.8, 4) is 17.1 Å². The molecule has 1 amide bonds. The van der Waals surface area contributed by atoms with Crippen molar-refractivity contribution in [1.82, 2.24) is 19.7 Å². The van der Waals surface area contributed by atoms with Crippen LogP contribution in [0.4, 0.5) is 5.69 Å². The van der Waals surface area contributed by atoms with E-state index in [0.29, 0.717) is 21.7 Å². The van der Waals surface area contributed by atoms with E-state index < -0.39 is 5.25 Å². The van der Waals surface area contributed by atoms with Crippen LogP contribution in [0.2, 0.25) is 5.02 Å². The first-order valence-corrected chi connectivity index (χ1v) is 10.5. The molecule has 1 unspecified atom stereocenters. The molecule has 4 aromatic rings. The fourth-order valence-corrected chi connectivity index (χ4v) is 3.83. The van der Waals surface area contributed by atoms with E-state index in [1.54, 1.807) is 36.7 Å². The van der Waals surface area contributed by atoms with Crippen LogP contribution in [0, 0.1) is 0 Å². The number of hydrogen-bond acceptors (Lipinski definition) is 5. The van der Waals surface area contributed by atoms with E-state index in [1.165, 1.54) is 11.8 Å². The van der Waals surface area contributed by atoms with Gasteiger partial charge in [-0.25, -0.2) is 0 Å². The Morgan fingerprint density at radius 3 is 2.40 bits per heavy atom. The highest BCUT2D eigenvalue weighted by molar-refractivity contribution is 8.00. The van der Waals surface area contributed by atoms with E-state index in [4.69, 9.17) is 11.6 Å². The summed E-state index contributed by atoms with van der Waals surface area (Å²) in [5.41, 5.74) is 2.51. The zero-order chi connectivity index (χ0) is 20.9. The average Bonchev–Trinajstić information content (AvgIpc) is 3.20. The number of carbonyl (C=O) groups excluding carboxylic acids is 1. The Morgan fingerprint density at radius 2 is 1.70 bits per heavy atom. The normalized spacial score (nSPS) is 11.8. The summed E-state index contributed by atoms with van der Waals surface area (Å²) < 4.78 is 1.95. The fraction of sp³-hybridized carbons (Fsp3) is 0.0909. The zero-order valence-corrected chi connectivity index (χ0v) is 17.6. The van der Waals surface area contributed by atoms with Crippen LogP contribution in [0.25, 0.3) is 17.1 Å². The number of para-hydroxylation sites is 1. The van der Waals surface area contributed by atoms with Crippen molar-refractivity contribution in [1.29, 1.82) is 0 Å². The fourth-order valence-electron chi connectivity index (χ4n) is 2.83. The van der Waals surface area contributed by atoms with Crippen molar-refractivity contribution in [3.63, 3.8) is 0 Å². The number of pyridine rings is 1. The summed E-state index contributed by atoms with van der Waals surface area (Å²) in [7, 11) is 0. The van der Waals surface area contributed by atoms with Crippen LogP contribution in [-0.4, -0.2) is 30.9 Å². The van der Waals surface area contributed by atoms with Crippen LogP contribution >= 0.6 is 23.4 Å². The molecule has 6 nitrogen and oxygen atoms in total. The molecule has 1 N–H and O–H groups in total. The standard InChI is InChI=1S/C22H18ClN5OS/c1-15(21(29)25-18-9-7-17(23)8-10-18)30-22-27-26-20(16-11-13-24-14-12-16)28(22)19-5-3-2-4-6-19/h2-15H,1H3,(H,25,29). The minimum absolute atomic E-state index is 0.129. The first-order valence-electron chi connectivity index (χ1n) is 9.26. The van der Waals surface area contributed by atoms with Crippen molar-refractivity contribution >= 4 is 35.0 Å². The number of amides is 1. The van der Waals surface area contributed by atoms with E-state index in [2.05, 4.69) is 20.5 Å². The predicted molar refractivity (Wildman–Crippen MR) is 120 cm³/mol. The smallest absolute Gasteiger partial charge is 0.237 e. The van der Waals surface area contributed by atoms with Gasteiger partial charge in [0.05, 0.1) is 5.25 Å². The third kappa shape index (κ3) is 4.53. The van der Waals surface area contributed by atoms with E-state index in [1.807, 2.05) is 54.0 Å². The summed E-state index contributed by atoms with van der Waals surface area (Å²) >= 11 is 7.25. The molecule has 0 spiro atoms. The lowest BCUT2D eigenvalue weighted by atomic mass is 10.2. The number of halogens is 1. The molecule has 2 aromatic carbocycles. The summed E-state index contributed by atoms with van der Waals surface area (Å²) in [6.07, 6.45) is 3.43. The monoisotopic (exact) mass is 435 g/mol. The molecule has 150 valence electrons. The van der Waals surface area contributed by atoms with E-state index in [9.17, 15) is 4.79 Å². The minimum atomic E-state index is -0.391. The second kappa shape index (κ2) is 9.11. The van der Waals surface area contributed by atoms with Gasteiger partial charge in [-0.3, -0.25) is 14.3 Å². The highest BCUT2D eigenvalue weighted by Crippen LogP contribution is 2.30. The number of nitrogens with zero attached hydrogens (tertiary/aromatic N) is 4. The van der Waals surface area contributed by atoms with Gasteiger partial charge >= 0.3 is 0 Å². The third-order valence-electron chi connectivity index (χ3n) is 4.35. The van der Waals surface area contributed by atoms with Gasteiger partial charge in [0.15, 0.2) is 11.0 Å². The maximum absolute atomic E-state index is 12.7. The number of thioether (sulfide) groups is 1. The van der Waals surface area contributed by atoms with Crippen molar-refractivity contribution in [2.75, 3.05) is 5.32 Å². The Kier molecular flexibility index (Phi) is 6.11. The molecular formula is C22H18ClN5OS. The van der Waals surface area contributed by atoms with Crippen LogP contribution in [0.15, 0.2) is 84.3 Å². The van der Waals surface area contributed by atoms with Gasteiger partial charge < -0.3 is 5.32 Å². The Balaban J connectivity index is 1.61. The van der Waals surface area contributed by atoms with Crippen LogP contribution in [0.1, 0.15) is 6.92 Å². The molecule has 0 radical (unpaired) electrons. The molecule has 30 heavy (non-hydrogen) atoms. The summed E-state index contributed by atoms with van der Waals surface area (Å²) in [5, 5.41) is 12.5. The molecule has 0 saturated heterocycles. The highest BCUT2D eigenvalue weighted by Gasteiger charge is 2.22. The van der Waals surface area contributed by atoms with E-state index in [0.717, 1.165) is 11.3 Å². The Morgan fingerprint density at radius 1 is 1.00 bits per heavy atom. The van der Waals surface area contributed by atoms with Gasteiger partial charge in [0.1, 0.15) is 0 Å². The Labute approximate surface area is 183 Å². The number of carbonyl (C=O) groups is 1. The SMILES string of the molecule is CC(Sc1nnc(-c2ccncc2)n1-c1ccccc1)C(=O)Nc1ccc(Cl)cc1.